The maximum Gasteiger partial charge on any atom is 0.472 e. The van der Waals surface area contributed by atoms with E-state index in [4.69, 9.17) is 37.0 Å². The molecule has 0 saturated heterocycles. The zero-order valence-corrected chi connectivity index (χ0v) is 66.0. The fourth-order valence-electron chi connectivity index (χ4n) is 12.1. The summed E-state index contributed by atoms with van der Waals surface area (Å²) in [5, 5.41) is 10.6. The van der Waals surface area contributed by atoms with Gasteiger partial charge in [0.2, 0.25) is 0 Å². The number of aliphatic hydroxyl groups is 1. The summed E-state index contributed by atoms with van der Waals surface area (Å²) in [5.41, 5.74) is 0. The third-order valence-corrected chi connectivity index (χ3v) is 20.6. The average molecular weight is 1440 g/mol. The molecule has 0 heterocycles. The molecule has 0 aromatic rings. The molecule has 0 aliphatic carbocycles. The fourth-order valence-corrected chi connectivity index (χ4v) is 13.7. The van der Waals surface area contributed by atoms with Crippen molar-refractivity contribution in [2.45, 2.75) is 426 Å². The molecule has 3 N–H and O–H groups in total. The van der Waals surface area contributed by atoms with Gasteiger partial charge >= 0.3 is 39.5 Å². The van der Waals surface area contributed by atoms with Crippen molar-refractivity contribution in [1.29, 1.82) is 0 Å². The highest BCUT2D eigenvalue weighted by molar-refractivity contribution is 7.47. The molecule has 0 aromatic heterocycles. The number of ether oxygens (including phenoxy) is 4. The largest absolute Gasteiger partial charge is 0.472 e. The lowest BCUT2D eigenvalue weighted by molar-refractivity contribution is -0.161. The highest BCUT2D eigenvalue weighted by Gasteiger charge is 2.30. The van der Waals surface area contributed by atoms with Gasteiger partial charge in [-0.2, -0.15) is 0 Å². The van der Waals surface area contributed by atoms with E-state index in [9.17, 15) is 43.2 Å². The number of aliphatic hydroxyl groups excluding tert-OH is 1. The predicted octanol–water partition coefficient (Wildman–Crippen LogP) is 23.4. The molecule has 0 radical (unpaired) electrons. The molecule has 582 valence electrons. The predicted molar refractivity (Wildman–Crippen MR) is 400 cm³/mol. The van der Waals surface area contributed by atoms with Crippen LogP contribution in [0.2, 0.25) is 0 Å². The van der Waals surface area contributed by atoms with Crippen LogP contribution in [0.5, 0.6) is 0 Å². The molecule has 6 atom stereocenters. The van der Waals surface area contributed by atoms with Crippen molar-refractivity contribution in [2.24, 2.45) is 17.8 Å². The van der Waals surface area contributed by atoms with Crippen LogP contribution in [-0.2, 0) is 65.4 Å². The monoisotopic (exact) mass is 1440 g/mol. The van der Waals surface area contributed by atoms with Crippen LogP contribution < -0.4 is 0 Å². The normalized spacial score (nSPS) is 14.3. The molecule has 3 unspecified atom stereocenters. The maximum atomic E-state index is 13.1. The third kappa shape index (κ3) is 71.1. The van der Waals surface area contributed by atoms with Crippen LogP contribution >= 0.6 is 15.6 Å². The second-order valence-electron chi connectivity index (χ2n) is 29.6. The van der Waals surface area contributed by atoms with Gasteiger partial charge in [0.15, 0.2) is 12.2 Å². The summed E-state index contributed by atoms with van der Waals surface area (Å²) in [5.74, 6) is 0.274. The first-order valence-electron chi connectivity index (χ1n) is 40.9. The van der Waals surface area contributed by atoms with Crippen LogP contribution in [0.3, 0.4) is 0 Å². The van der Waals surface area contributed by atoms with E-state index in [-0.39, 0.29) is 25.7 Å². The third-order valence-electron chi connectivity index (χ3n) is 18.7. The lowest BCUT2D eigenvalue weighted by Crippen LogP contribution is -2.30. The molecule has 0 fully saturated rings. The van der Waals surface area contributed by atoms with Crippen LogP contribution in [0.4, 0.5) is 0 Å². The smallest absolute Gasteiger partial charge is 0.462 e. The van der Waals surface area contributed by atoms with Crippen molar-refractivity contribution in [2.75, 3.05) is 39.6 Å². The Hall–Kier alpha value is -1.94. The van der Waals surface area contributed by atoms with Gasteiger partial charge in [-0.15, -0.1) is 0 Å². The quantitative estimate of drug-likeness (QED) is 0.0222. The van der Waals surface area contributed by atoms with Crippen molar-refractivity contribution < 1.29 is 80.2 Å². The Labute approximate surface area is 600 Å². The van der Waals surface area contributed by atoms with E-state index in [1.807, 2.05) is 0 Å². The van der Waals surface area contributed by atoms with Gasteiger partial charge in [-0.25, -0.2) is 9.13 Å². The first-order valence-corrected chi connectivity index (χ1v) is 43.9. The second kappa shape index (κ2) is 69.4. The van der Waals surface area contributed by atoms with Gasteiger partial charge in [-0.05, 0) is 43.4 Å². The number of esters is 4. The highest BCUT2D eigenvalue weighted by Crippen LogP contribution is 2.45. The van der Waals surface area contributed by atoms with Gasteiger partial charge in [-0.3, -0.25) is 37.3 Å². The lowest BCUT2D eigenvalue weighted by Gasteiger charge is -2.21. The van der Waals surface area contributed by atoms with Gasteiger partial charge in [0.1, 0.15) is 19.3 Å². The van der Waals surface area contributed by atoms with Crippen LogP contribution in [0, 0.1) is 17.8 Å². The lowest BCUT2D eigenvalue weighted by atomic mass is 9.99. The van der Waals surface area contributed by atoms with Crippen LogP contribution in [0.25, 0.3) is 0 Å². The Bertz CT molecular complexity index is 1910. The number of hydrogen-bond acceptors (Lipinski definition) is 15. The fraction of sp³-hybridized carbons (Fsp3) is 0.949. The second-order valence-corrected chi connectivity index (χ2v) is 32.6. The molecule has 0 saturated carbocycles. The Morgan fingerprint density at radius 3 is 0.776 bits per heavy atom. The molecule has 0 bridgehead atoms. The highest BCUT2D eigenvalue weighted by atomic mass is 31.2. The number of rotatable bonds is 77. The number of hydrogen-bond donors (Lipinski definition) is 3. The minimum Gasteiger partial charge on any atom is -0.462 e. The number of phosphoric ester groups is 2. The molecule has 0 aliphatic heterocycles. The van der Waals surface area contributed by atoms with Crippen molar-refractivity contribution in [3.05, 3.63) is 0 Å². The summed E-state index contributed by atoms with van der Waals surface area (Å²) < 4.78 is 68.5. The summed E-state index contributed by atoms with van der Waals surface area (Å²) in [6.45, 7) is 12.0. The first-order chi connectivity index (χ1) is 47.3. The van der Waals surface area contributed by atoms with Crippen LogP contribution in [0.15, 0.2) is 0 Å². The number of unbranched alkanes of at least 4 members (excludes halogenated alkanes) is 44. The molecule has 0 rings (SSSR count). The summed E-state index contributed by atoms with van der Waals surface area (Å²) in [4.78, 5) is 72.8. The number of phosphoric acid groups is 2. The van der Waals surface area contributed by atoms with Crippen molar-refractivity contribution in [3.8, 4) is 0 Å². The Balaban J connectivity index is 5.20. The average Bonchev–Trinajstić information content (AvgIpc) is 0.961. The number of carbonyl (C=O) groups is 4. The molecule has 0 aromatic carbocycles. The van der Waals surface area contributed by atoms with Crippen molar-refractivity contribution in [1.82, 2.24) is 0 Å². The molecule has 98 heavy (non-hydrogen) atoms. The van der Waals surface area contributed by atoms with Gasteiger partial charge in [0, 0.05) is 25.7 Å². The van der Waals surface area contributed by atoms with Crippen LogP contribution in [0.1, 0.15) is 408 Å². The van der Waals surface area contributed by atoms with Gasteiger partial charge in [0.05, 0.1) is 26.4 Å². The zero-order chi connectivity index (χ0) is 72.3. The molecule has 17 nitrogen and oxygen atoms in total. The van der Waals surface area contributed by atoms with E-state index in [2.05, 4.69) is 48.5 Å². The van der Waals surface area contributed by atoms with Crippen molar-refractivity contribution >= 4 is 39.5 Å². The van der Waals surface area contributed by atoms with E-state index < -0.39 is 97.5 Å². The van der Waals surface area contributed by atoms with E-state index in [1.54, 1.807) is 0 Å². The standard InChI is InChI=1S/C79H154O17P2/c1-8-10-11-12-13-39-46-53-60-76(81)89-66-74(96-79(84)63-56-49-42-35-34-38-45-52-59-72(7)9-2)68-93-97(85,86)91-64-73(80)65-92-98(87,88)94-69-75(95-78(83)62-55-48-41-33-29-25-21-17-15-19-23-27-31-37-44-51-58-71(5)6)67-90-77(82)61-54-47-40-32-28-24-20-16-14-18-22-26-30-36-43-50-57-70(3)4/h70-75,80H,8-69H2,1-7H3,(H,85,86)(H,87,88)/t72?,73-,74+,75+/m0/s1. The summed E-state index contributed by atoms with van der Waals surface area (Å²) in [6.07, 6.45) is 57.0. The molecule has 0 spiro atoms. The van der Waals surface area contributed by atoms with E-state index in [1.165, 1.54) is 212 Å². The van der Waals surface area contributed by atoms with Crippen molar-refractivity contribution in [3.63, 3.8) is 0 Å². The van der Waals surface area contributed by atoms with E-state index in [0.29, 0.717) is 25.7 Å². The topological polar surface area (TPSA) is 237 Å². The summed E-state index contributed by atoms with van der Waals surface area (Å²) >= 11 is 0. The first kappa shape index (κ1) is 96.1. The maximum absolute atomic E-state index is 13.1. The van der Waals surface area contributed by atoms with Gasteiger partial charge in [0.25, 0.3) is 0 Å². The summed E-state index contributed by atoms with van der Waals surface area (Å²) in [7, 11) is -9.91. The molecule has 0 amide bonds. The van der Waals surface area contributed by atoms with E-state index >= 15 is 0 Å². The SMILES string of the molecule is CCCCCCCCCCC(=O)OC[C@H](COP(=O)(O)OC[C@H](O)COP(=O)(O)OC[C@@H](COC(=O)CCCCCCCCCCCCCCCCCCC(C)C)OC(=O)CCCCCCCCCCCCCCCCCCC(C)C)OC(=O)CCCCCCCCCCC(C)CC. The van der Waals surface area contributed by atoms with Gasteiger partial charge < -0.3 is 33.8 Å². The Kier molecular flexibility index (Phi) is 68.1. The Morgan fingerprint density at radius 1 is 0.296 bits per heavy atom. The number of carbonyl (C=O) groups excluding carboxylic acids is 4. The van der Waals surface area contributed by atoms with E-state index in [0.717, 1.165) is 114 Å². The minimum atomic E-state index is -4.96. The molecule has 19 heteroatoms. The minimum absolute atomic E-state index is 0.105. The molecular weight excluding hydrogens is 1280 g/mol. The Morgan fingerprint density at radius 2 is 0.520 bits per heavy atom. The zero-order valence-electron chi connectivity index (χ0n) is 64.3. The molecule has 0 aliphatic rings. The molecular formula is C79H154O17P2. The van der Waals surface area contributed by atoms with Crippen LogP contribution in [-0.4, -0.2) is 96.7 Å². The van der Waals surface area contributed by atoms with Gasteiger partial charge in [-0.1, -0.05) is 357 Å². The summed E-state index contributed by atoms with van der Waals surface area (Å²) in [6, 6.07) is 0.